The topological polar surface area (TPSA) is 386 Å². The molecule has 12 rings (SSSR count). The van der Waals surface area contributed by atoms with Crippen molar-refractivity contribution in [1.29, 1.82) is 0 Å². The van der Waals surface area contributed by atoms with Crippen molar-refractivity contribution in [2.24, 2.45) is 0 Å². The first-order chi connectivity index (χ1) is 51.8. The van der Waals surface area contributed by atoms with Crippen LogP contribution in [-0.4, -0.2) is 168 Å². The van der Waals surface area contributed by atoms with Gasteiger partial charge in [0.2, 0.25) is 0 Å². The number of aromatic nitrogens is 3. The van der Waals surface area contributed by atoms with Crippen LogP contribution in [0.4, 0.5) is 68.3 Å². The van der Waals surface area contributed by atoms with Crippen molar-refractivity contribution in [3.63, 3.8) is 0 Å². The molecule has 3 saturated heterocycles. The number of piperazine rings is 3. The van der Waals surface area contributed by atoms with Gasteiger partial charge in [0.1, 0.15) is 65.7 Å². The molecule has 0 atom stereocenters. The minimum absolute atomic E-state index is 0. The van der Waals surface area contributed by atoms with Crippen molar-refractivity contribution in [2.45, 2.75) is 126 Å². The molecule has 6 aromatic heterocycles. The number of carbonyl (C=O) groups is 7. The number of furan rings is 3. The predicted octanol–water partition coefficient (Wildman–Crippen LogP) is 11.1. The van der Waals surface area contributed by atoms with Gasteiger partial charge in [-0.1, -0.05) is 34.0 Å². The van der Waals surface area contributed by atoms with Crippen LogP contribution in [0.3, 0.4) is 0 Å². The number of nitrogen functional groups attached to an aromatic ring is 2. The van der Waals surface area contributed by atoms with Gasteiger partial charge in [-0.2, -0.15) is 0 Å². The largest absolute Gasteiger partial charge is 1.00 e. The molecular formula is C77H96LiN15O15S3. The van der Waals surface area contributed by atoms with Crippen LogP contribution in [0.5, 0.6) is 0 Å². The van der Waals surface area contributed by atoms with E-state index in [1.807, 2.05) is 96.7 Å². The number of aryl methyl sites for hydroxylation is 3. The van der Waals surface area contributed by atoms with E-state index in [2.05, 4.69) is 51.3 Å². The summed E-state index contributed by atoms with van der Waals surface area (Å²) in [6, 6.07) is 26.8. The van der Waals surface area contributed by atoms with Crippen LogP contribution in [0, 0.1) is 20.8 Å². The summed E-state index contributed by atoms with van der Waals surface area (Å²) in [6.07, 6.45) is 2.95. The number of benzene rings is 3. The number of rotatable bonds is 13. The van der Waals surface area contributed by atoms with E-state index in [1.54, 1.807) is 132 Å². The number of thiazole rings is 3. The van der Waals surface area contributed by atoms with E-state index in [-0.39, 0.29) is 47.0 Å². The molecule has 0 spiro atoms. The van der Waals surface area contributed by atoms with Gasteiger partial charge in [-0.05, 0) is 195 Å². The summed E-state index contributed by atoms with van der Waals surface area (Å²) in [5.41, 5.74) is 17.1. The smallest absolute Gasteiger partial charge is 0.542 e. The summed E-state index contributed by atoms with van der Waals surface area (Å²) in [5.74, 6) is 0.124. The first-order valence-electron chi connectivity index (χ1n) is 35.5. The van der Waals surface area contributed by atoms with E-state index in [9.17, 15) is 38.7 Å². The maximum Gasteiger partial charge on any atom is 1.00 e. The number of ether oxygens (including phenoxy) is 4. The first-order valence-corrected chi connectivity index (χ1v) is 38.0. The number of amides is 6. The van der Waals surface area contributed by atoms with E-state index in [0.717, 1.165) is 92.1 Å². The number of nitrogens with one attached hydrogen (secondary N) is 5. The maximum absolute atomic E-state index is 13.4. The fourth-order valence-corrected chi connectivity index (χ4v) is 14.1. The Balaban J connectivity index is 0.000000193. The van der Waals surface area contributed by atoms with Crippen LogP contribution in [-0.2, 0) is 18.9 Å². The van der Waals surface area contributed by atoms with E-state index >= 15 is 0 Å². The normalized spacial score (nSPS) is 13.8. The van der Waals surface area contributed by atoms with Gasteiger partial charge in [-0.15, -0.1) is 0 Å². The average molecular weight is 1570 g/mol. The number of carbonyl (C=O) groups excluding carboxylic acids is 7. The third-order valence-electron chi connectivity index (χ3n) is 16.0. The first kappa shape index (κ1) is 86.0. The van der Waals surface area contributed by atoms with Crippen LogP contribution in [0.2, 0.25) is 0 Å². The van der Waals surface area contributed by atoms with Gasteiger partial charge in [-0.25, -0.2) is 34.1 Å². The molecule has 0 unspecified atom stereocenters. The Morgan fingerprint density at radius 3 is 1.16 bits per heavy atom. The van der Waals surface area contributed by atoms with Crippen LogP contribution in [0.15, 0.2) is 123 Å². The molecule has 3 aliphatic rings. The molecule has 9 heterocycles. The Morgan fingerprint density at radius 1 is 0.432 bits per heavy atom. The van der Waals surface area contributed by atoms with Gasteiger partial charge in [0.15, 0.2) is 10.0 Å². The summed E-state index contributed by atoms with van der Waals surface area (Å²) in [7, 11) is 0. The van der Waals surface area contributed by atoms with Crippen LogP contribution < -0.4 is 76.7 Å². The number of hydrogen-bond donors (Lipinski definition) is 7. The second kappa shape index (κ2) is 37.4. The summed E-state index contributed by atoms with van der Waals surface area (Å²) in [6.45, 7) is 35.6. The summed E-state index contributed by atoms with van der Waals surface area (Å²) in [4.78, 5) is 108. The van der Waals surface area contributed by atoms with Crippen LogP contribution in [0.1, 0.15) is 130 Å². The molecule has 111 heavy (non-hydrogen) atoms. The zero-order chi connectivity index (χ0) is 80.0. The minimum atomic E-state index is -1.26. The molecule has 3 aromatic carbocycles. The number of aromatic carboxylic acids is 1. The van der Waals surface area contributed by atoms with Crippen molar-refractivity contribution in [1.82, 2.24) is 30.1 Å². The number of carboxylic acids is 1. The molecular weight excluding hydrogens is 1480 g/mol. The van der Waals surface area contributed by atoms with E-state index in [1.165, 1.54) is 22.7 Å². The van der Waals surface area contributed by atoms with Gasteiger partial charge in [0.25, 0.3) is 11.8 Å². The van der Waals surface area contributed by atoms with Crippen molar-refractivity contribution >= 4 is 125 Å². The third-order valence-corrected chi connectivity index (χ3v) is 19.7. The van der Waals surface area contributed by atoms with Gasteiger partial charge < -0.3 is 94.0 Å². The number of carboxylic acid groups (broad SMARTS) is 1. The molecule has 0 bridgehead atoms. The van der Waals surface area contributed by atoms with Crippen molar-refractivity contribution in [2.75, 3.05) is 126 Å². The zero-order valence-corrected chi connectivity index (χ0v) is 67.9. The van der Waals surface area contributed by atoms with Crippen LogP contribution in [0.25, 0.3) is 34.0 Å². The molecule has 0 radical (unpaired) electrons. The Morgan fingerprint density at radius 2 is 0.784 bits per heavy atom. The van der Waals surface area contributed by atoms with E-state index < -0.39 is 46.5 Å². The summed E-state index contributed by atoms with van der Waals surface area (Å²) < 4.78 is 37.6. The van der Waals surface area contributed by atoms with Gasteiger partial charge in [0, 0.05) is 95.2 Å². The number of nitrogens with two attached hydrogens (primary N) is 2. The van der Waals surface area contributed by atoms with E-state index in [4.69, 9.17) is 43.7 Å². The quantitative estimate of drug-likeness (QED) is 0.0320. The Hall–Kier alpha value is -10.6. The molecule has 6 amide bonds. The van der Waals surface area contributed by atoms with Crippen LogP contribution >= 0.6 is 34.0 Å². The molecule has 588 valence electrons. The van der Waals surface area contributed by atoms with E-state index in [0.29, 0.717) is 103 Å². The second-order valence-corrected chi connectivity index (χ2v) is 32.6. The second-order valence-electron chi connectivity index (χ2n) is 29.6. The monoisotopic (exact) mass is 1570 g/mol. The molecule has 0 aliphatic carbocycles. The molecule has 30 nitrogen and oxygen atoms in total. The number of anilines is 9. The molecule has 3 aliphatic heterocycles. The standard InChI is InChI=1S/C29H37N5O6S.C19H21N5O2S.C15H18N2O3.C14H21N3O4S.Li/c1-18-25(33-12-14-34(15-13-33)27(37)40-29(5,6)7)41-24(30-18)23(35)31-21-17-19(22-9-8-16-38-22)10-11-20(21)32-26(36)39-28(2,3)4;1-12-19(24-8-6-21-7-9-24)27-18(22-12)17(25)23-15-11-13(4-5-14(15)20)16-3-2-10-26-16;1-15(2,3)20-14(18)17-12-7-6-10(9-11(12)16)13-5-4-8-19-13;1-9-11(22-10(15-9)12(18)19)16-5-7-17(8-6-16)13(20)21-14(2,3)4;/h8-11,16-17H,12-15H2,1-7H3,(H,31,35)(H,32,36);2-5,10-11,21H,6-9,20H2,1H3,(H,23,25);4-9H,16H2,1-3H3,(H,17,18);5-8H2,1-4H3,(H,18,19);/q;;;;+1/p-1. The summed E-state index contributed by atoms with van der Waals surface area (Å²) in [5, 5.41) is 28.8. The Labute approximate surface area is 669 Å². The molecule has 3 fully saturated rings. The van der Waals surface area contributed by atoms with Crippen molar-refractivity contribution in [3.8, 4) is 34.0 Å². The van der Waals surface area contributed by atoms with Gasteiger partial charge in [0.05, 0.1) is 70.0 Å². The molecule has 34 heteroatoms. The fraction of sp³-hybridized carbons (Fsp3) is 0.403. The van der Waals surface area contributed by atoms with Crippen molar-refractivity contribution in [3.05, 3.63) is 142 Å². The third kappa shape index (κ3) is 25.2. The molecule has 9 aromatic rings. The number of nitrogens with zero attached hydrogens (tertiary/aromatic N) is 8. The molecule has 9 N–H and O–H groups in total. The minimum Gasteiger partial charge on any atom is -0.542 e. The Bertz CT molecular complexity index is 4650. The molecule has 0 saturated carbocycles. The average Bonchev–Trinajstić information content (AvgIpc) is 1.71. The predicted molar refractivity (Wildman–Crippen MR) is 427 cm³/mol. The van der Waals surface area contributed by atoms with Gasteiger partial charge in [-0.3, -0.25) is 20.2 Å². The van der Waals surface area contributed by atoms with Crippen molar-refractivity contribution < 1.29 is 89.7 Å². The summed E-state index contributed by atoms with van der Waals surface area (Å²) >= 11 is 3.81. The maximum atomic E-state index is 13.4. The van der Waals surface area contributed by atoms with Gasteiger partial charge >= 0.3 is 43.2 Å². The fourth-order valence-electron chi connectivity index (χ4n) is 11.1. The zero-order valence-electron chi connectivity index (χ0n) is 65.5. The Kier molecular flexibility index (Phi) is 29.0. The SMILES string of the molecule is CC(C)(C)OC(=O)Nc1ccc(-c2ccco2)cc1N.Cc1nc(C(=O)Nc2cc(-c3ccco3)ccc2N)sc1N1CCNCC1.Cc1nc(C(=O)Nc2cc(-c3ccco3)ccc2NC(=O)OC(C)(C)C)sc1N1CCN(C(=O)OC(C)(C)C)CC1.Cc1nc(C(=O)[O-])sc1N1CCN(C(=O)OC(C)(C)C)CC1.[Li+]. The number of hydrogen-bond acceptors (Lipinski definition) is 27.